The summed E-state index contributed by atoms with van der Waals surface area (Å²) in [5.41, 5.74) is 2.95. The first kappa shape index (κ1) is 13.5. The van der Waals surface area contributed by atoms with Crippen molar-refractivity contribution >= 4 is 16.5 Å². The number of hydrogen-bond donors (Lipinski definition) is 3. The van der Waals surface area contributed by atoms with Crippen molar-refractivity contribution in [3.05, 3.63) is 48.5 Å². The molecule has 0 spiro atoms. The van der Waals surface area contributed by atoms with Crippen molar-refractivity contribution in [2.24, 2.45) is 0 Å². The minimum absolute atomic E-state index is 0.455. The van der Waals surface area contributed by atoms with Crippen LogP contribution in [0.15, 0.2) is 53.4 Å². The number of rotatable bonds is 2. The molecule has 0 amide bonds. The van der Waals surface area contributed by atoms with Gasteiger partial charge in [-0.15, -0.1) is 10.8 Å². The van der Waals surface area contributed by atoms with Crippen LogP contribution in [-0.4, -0.2) is 22.3 Å². The van der Waals surface area contributed by atoms with Crippen LogP contribution in [0.2, 0.25) is 0 Å². The maximum absolute atomic E-state index is 10.2. The van der Waals surface area contributed by atoms with Crippen LogP contribution in [0.25, 0.3) is 11.1 Å². The normalized spacial score (nSPS) is 18.4. The van der Waals surface area contributed by atoms with E-state index < -0.39 is 10.8 Å². The molecule has 1 aliphatic rings. The Morgan fingerprint density at radius 2 is 1.85 bits per heavy atom. The summed E-state index contributed by atoms with van der Waals surface area (Å²) in [7, 11) is -2.91. The molecule has 3 rings (SSSR count). The number of fused-ring (bicyclic) bond motifs is 1. The van der Waals surface area contributed by atoms with Crippen molar-refractivity contribution in [2.45, 2.75) is 11.8 Å². The molecule has 2 aromatic carbocycles. The molecule has 0 aromatic heterocycles. The van der Waals surface area contributed by atoms with E-state index in [2.05, 4.69) is 9.62 Å². The van der Waals surface area contributed by atoms with Gasteiger partial charge >= 0.3 is 0 Å². The molecule has 0 radical (unpaired) electrons. The second kappa shape index (κ2) is 5.10. The maximum atomic E-state index is 10.2. The number of hydrogen-bond acceptors (Lipinski definition) is 4. The Bertz CT molecular complexity index is 617. The number of nitrogens with one attached hydrogen (secondary N) is 1. The molecule has 5 heteroatoms. The quantitative estimate of drug-likeness (QED) is 0.788. The van der Waals surface area contributed by atoms with Crippen molar-refractivity contribution in [1.29, 1.82) is 0 Å². The monoisotopic (exact) mass is 290 g/mol. The molecular formula is C15H18N2O2S. The van der Waals surface area contributed by atoms with E-state index >= 15 is 0 Å². The van der Waals surface area contributed by atoms with E-state index in [1.165, 1.54) is 0 Å². The van der Waals surface area contributed by atoms with Crippen LogP contribution in [0, 0.1) is 0 Å². The van der Waals surface area contributed by atoms with Crippen LogP contribution in [0.3, 0.4) is 0 Å². The molecule has 2 aromatic rings. The highest BCUT2D eigenvalue weighted by molar-refractivity contribution is 8.22. The molecule has 1 heterocycles. The molecule has 0 saturated carbocycles. The molecule has 0 aliphatic carbocycles. The summed E-state index contributed by atoms with van der Waals surface area (Å²) in [5.74, 6) is 0. The Kier molecular flexibility index (Phi) is 3.43. The SMILES string of the molecule is CCN1CNS(O)(O)c2cc(-c3ccccc3)ccc21. The van der Waals surface area contributed by atoms with E-state index in [9.17, 15) is 9.11 Å². The van der Waals surface area contributed by atoms with Crippen LogP contribution in [-0.2, 0) is 0 Å². The van der Waals surface area contributed by atoms with Gasteiger partial charge in [-0.25, -0.2) is 0 Å². The number of anilines is 1. The smallest absolute Gasteiger partial charge is 0.0990 e. The lowest BCUT2D eigenvalue weighted by atomic mass is 10.1. The largest absolute Gasteiger partial charge is 0.356 e. The van der Waals surface area contributed by atoms with Crippen molar-refractivity contribution in [3.8, 4) is 11.1 Å². The summed E-state index contributed by atoms with van der Waals surface area (Å²) >= 11 is 0. The van der Waals surface area contributed by atoms with Crippen molar-refractivity contribution < 1.29 is 9.11 Å². The summed E-state index contributed by atoms with van der Waals surface area (Å²) in [6.07, 6.45) is 0. The molecular weight excluding hydrogens is 272 g/mol. The van der Waals surface area contributed by atoms with E-state index in [0.29, 0.717) is 11.6 Å². The first-order valence-electron chi connectivity index (χ1n) is 6.59. The average Bonchev–Trinajstić information content (AvgIpc) is 2.48. The van der Waals surface area contributed by atoms with Gasteiger partial charge in [0.15, 0.2) is 0 Å². The Hall–Kier alpha value is -1.53. The minimum Gasteiger partial charge on any atom is -0.356 e. The van der Waals surface area contributed by atoms with E-state index in [1.807, 2.05) is 55.5 Å². The van der Waals surface area contributed by atoms with Crippen LogP contribution in [0.1, 0.15) is 6.92 Å². The van der Waals surface area contributed by atoms with Gasteiger partial charge in [-0.05, 0) is 30.2 Å². The van der Waals surface area contributed by atoms with Crippen molar-refractivity contribution in [3.63, 3.8) is 0 Å². The Morgan fingerprint density at radius 1 is 1.10 bits per heavy atom. The van der Waals surface area contributed by atoms with Gasteiger partial charge in [0, 0.05) is 6.54 Å². The molecule has 0 saturated heterocycles. The van der Waals surface area contributed by atoms with E-state index in [1.54, 1.807) is 0 Å². The molecule has 0 unspecified atom stereocenters. The third kappa shape index (κ3) is 2.29. The Labute approximate surface area is 120 Å². The van der Waals surface area contributed by atoms with Gasteiger partial charge in [-0.3, -0.25) is 9.11 Å². The molecule has 3 N–H and O–H groups in total. The van der Waals surface area contributed by atoms with Crippen LogP contribution < -0.4 is 9.62 Å². The lowest BCUT2D eigenvalue weighted by Crippen LogP contribution is -2.40. The highest BCUT2D eigenvalue weighted by Crippen LogP contribution is 2.52. The predicted molar refractivity (Wildman–Crippen MR) is 84.0 cm³/mol. The molecule has 1 aliphatic heterocycles. The number of benzene rings is 2. The topological polar surface area (TPSA) is 55.7 Å². The molecule has 20 heavy (non-hydrogen) atoms. The zero-order valence-corrected chi connectivity index (χ0v) is 12.1. The van der Waals surface area contributed by atoms with Crippen LogP contribution in [0.5, 0.6) is 0 Å². The zero-order chi connectivity index (χ0) is 14.2. The number of nitrogens with zero attached hydrogens (tertiary/aromatic N) is 1. The lowest BCUT2D eigenvalue weighted by Gasteiger charge is -2.43. The second-order valence-electron chi connectivity index (χ2n) is 4.76. The summed E-state index contributed by atoms with van der Waals surface area (Å²) in [5, 5.41) is 0. The fraction of sp³-hybridized carbons (Fsp3) is 0.200. The summed E-state index contributed by atoms with van der Waals surface area (Å²) < 4.78 is 23.2. The van der Waals surface area contributed by atoms with E-state index in [0.717, 1.165) is 23.4 Å². The van der Waals surface area contributed by atoms with Crippen LogP contribution in [0.4, 0.5) is 5.69 Å². The highest BCUT2D eigenvalue weighted by atomic mass is 32.3. The van der Waals surface area contributed by atoms with Crippen molar-refractivity contribution in [2.75, 3.05) is 18.1 Å². The third-order valence-corrected chi connectivity index (χ3v) is 5.02. The third-order valence-electron chi connectivity index (χ3n) is 3.55. The van der Waals surface area contributed by atoms with Crippen molar-refractivity contribution in [1.82, 2.24) is 4.72 Å². The standard InChI is InChI=1S/C15H18N2O2S/c1-2-17-11-16-20(18,19)15-10-13(8-9-14(15)17)12-6-4-3-5-7-12/h3-10,16,18-19H,2,11H2,1H3. The second-order valence-corrected chi connectivity index (χ2v) is 6.58. The molecule has 0 fully saturated rings. The maximum Gasteiger partial charge on any atom is 0.0990 e. The summed E-state index contributed by atoms with van der Waals surface area (Å²) in [4.78, 5) is 2.66. The van der Waals surface area contributed by atoms with E-state index in [4.69, 9.17) is 0 Å². The first-order chi connectivity index (χ1) is 9.62. The molecule has 0 bridgehead atoms. The Morgan fingerprint density at radius 3 is 2.55 bits per heavy atom. The van der Waals surface area contributed by atoms with Gasteiger partial charge in [0.25, 0.3) is 0 Å². The summed E-state index contributed by atoms with van der Waals surface area (Å²) in [6.45, 7) is 3.32. The van der Waals surface area contributed by atoms with Crippen LogP contribution >= 0.6 is 10.8 Å². The first-order valence-corrected chi connectivity index (χ1v) is 8.14. The van der Waals surface area contributed by atoms with Gasteiger partial charge in [0.1, 0.15) is 0 Å². The van der Waals surface area contributed by atoms with Gasteiger partial charge in [0.05, 0.1) is 17.3 Å². The van der Waals surface area contributed by atoms with Gasteiger partial charge < -0.3 is 4.90 Å². The minimum atomic E-state index is -2.91. The average molecular weight is 290 g/mol. The summed E-state index contributed by atoms with van der Waals surface area (Å²) in [6, 6.07) is 15.8. The molecule has 4 nitrogen and oxygen atoms in total. The predicted octanol–water partition coefficient (Wildman–Crippen LogP) is 3.77. The fourth-order valence-corrected chi connectivity index (χ4v) is 3.70. The van der Waals surface area contributed by atoms with Gasteiger partial charge in [-0.1, -0.05) is 36.4 Å². The van der Waals surface area contributed by atoms with Gasteiger partial charge in [0.2, 0.25) is 0 Å². The molecule has 0 atom stereocenters. The highest BCUT2D eigenvalue weighted by Gasteiger charge is 2.27. The molecule has 106 valence electrons. The fourth-order valence-electron chi connectivity index (χ4n) is 2.43. The van der Waals surface area contributed by atoms with E-state index in [-0.39, 0.29) is 0 Å². The Balaban J connectivity index is 2.11. The lowest BCUT2D eigenvalue weighted by molar-refractivity contribution is 0.463. The van der Waals surface area contributed by atoms with Gasteiger partial charge in [-0.2, -0.15) is 4.72 Å². The zero-order valence-electron chi connectivity index (χ0n) is 11.3.